The van der Waals surface area contributed by atoms with Crippen LogP contribution in [-0.4, -0.2) is 48.7 Å². The number of phenols is 1. The molecule has 0 aromatic heterocycles. The monoisotopic (exact) mass is 455 g/mol. The molecule has 0 unspecified atom stereocenters. The number of nitriles is 1. The number of rotatable bonds is 5. The number of halogens is 1. The van der Waals surface area contributed by atoms with Gasteiger partial charge in [-0.25, -0.2) is 0 Å². The van der Waals surface area contributed by atoms with Gasteiger partial charge in [-0.1, -0.05) is 34.1 Å². The van der Waals surface area contributed by atoms with Gasteiger partial charge in [0.15, 0.2) is 11.5 Å². The van der Waals surface area contributed by atoms with Gasteiger partial charge >= 0.3 is 0 Å². The van der Waals surface area contributed by atoms with Crippen molar-refractivity contribution < 1.29 is 14.6 Å². The van der Waals surface area contributed by atoms with E-state index in [2.05, 4.69) is 33.0 Å². The van der Waals surface area contributed by atoms with Crippen molar-refractivity contribution in [1.82, 2.24) is 4.90 Å². The van der Waals surface area contributed by atoms with Gasteiger partial charge in [0.05, 0.1) is 6.61 Å². The Morgan fingerprint density at radius 1 is 1.24 bits per heavy atom. The third-order valence-corrected chi connectivity index (χ3v) is 5.40. The predicted molar refractivity (Wildman–Crippen MR) is 116 cm³/mol. The highest BCUT2D eigenvalue weighted by atomic mass is 79.9. The van der Waals surface area contributed by atoms with Gasteiger partial charge in [-0.05, 0) is 42.8 Å². The molecule has 2 aromatic rings. The lowest BCUT2D eigenvalue weighted by molar-refractivity contribution is -0.126. The van der Waals surface area contributed by atoms with Crippen molar-refractivity contribution in [2.45, 2.75) is 6.92 Å². The first kappa shape index (κ1) is 20.7. The average molecular weight is 456 g/mol. The predicted octanol–water partition coefficient (Wildman–Crippen LogP) is 3.81. The molecule has 0 aliphatic carbocycles. The molecule has 1 amide bonds. The van der Waals surface area contributed by atoms with Crippen LogP contribution in [0.4, 0.5) is 5.69 Å². The second-order valence-corrected chi connectivity index (χ2v) is 7.41. The van der Waals surface area contributed by atoms with E-state index in [0.717, 1.165) is 5.69 Å². The highest BCUT2D eigenvalue weighted by molar-refractivity contribution is 9.10. The maximum atomic E-state index is 12.9. The third kappa shape index (κ3) is 4.90. The standard InChI is InChI=1S/C22H22BrN3O3/c1-2-29-21-13-16(19(23)14-20(21)27)12-17(15-24)22(28)26-10-8-25(9-11-26)18-6-4-3-5-7-18/h3-7,12-14,27H,2,8-11H2,1H3/b17-12+. The fourth-order valence-electron chi connectivity index (χ4n) is 3.21. The molecule has 1 heterocycles. The number of hydrogen-bond acceptors (Lipinski definition) is 5. The SMILES string of the molecule is CCOc1cc(/C=C(\C#N)C(=O)N2CCN(c3ccccc3)CC2)c(Br)cc1O. The number of benzene rings is 2. The zero-order valence-electron chi connectivity index (χ0n) is 16.1. The maximum Gasteiger partial charge on any atom is 0.264 e. The zero-order valence-corrected chi connectivity index (χ0v) is 17.7. The maximum absolute atomic E-state index is 12.9. The van der Waals surface area contributed by atoms with Crippen LogP contribution in [0.3, 0.4) is 0 Å². The zero-order chi connectivity index (χ0) is 20.8. The molecule has 2 aromatic carbocycles. The van der Waals surface area contributed by atoms with E-state index in [9.17, 15) is 15.2 Å². The minimum Gasteiger partial charge on any atom is -0.504 e. The second-order valence-electron chi connectivity index (χ2n) is 6.56. The molecule has 1 aliphatic heterocycles. The molecule has 0 spiro atoms. The molecule has 0 atom stereocenters. The molecule has 1 saturated heterocycles. The number of phenolic OH excluding ortho intramolecular Hbond substituents is 1. The van der Waals surface area contributed by atoms with E-state index in [1.165, 1.54) is 12.1 Å². The van der Waals surface area contributed by atoms with Crippen molar-refractivity contribution in [2.24, 2.45) is 0 Å². The summed E-state index contributed by atoms with van der Waals surface area (Å²) in [5.74, 6) is 0.0130. The summed E-state index contributed by atoms with van der Waals surface area (Å²) in [7, 11) is 0. The van der Waals surface area contributed by atoms with Gasteiger partial charge in [-0.2, -0.15) is 5.26 Å². The summed E-state index contributed by atoms with van der Waals surface area (Å²) >= 11 is 3.37. The summed E-state index contributed by atoms with van der Waals surface area (Å²) in [6.07, 6.45) is 1.53. The van der Waals surface area contributed by atoms with E-state index in [-0.39, 0.29) is 17.2 Å². The molecule has 3 rings (SSSR count). The van der Waals surface area contributed by atoms with Crippen molar-refractivity contribution in [3.8, 4) is 17.6 Å². The van der Waals surface area contributed by atoms with E-state index < -0.39 is 0 Å². The van der Waals surface area contributed by atoms with Gasteiger partial charge in [0.25, 0.3) is 5.91 Å². The molecular formula is C22H22BrN3O3. The normalized spacial score (nSPS) is 14.4. The van der Waals surface area contributed by atoms with E-state index in [0.29, 0.717) is 48.6 Å². The molecule has 150 valence electrons. The molecule has 7 heteroatoms. The van der Waals surface area contributed by atoms with Crippen LogP contribution < -0.4 is 9.64 Å². The first-order valence-electron chi connectivity index (χ1n) is 9.40. The molecule has 0 saturated carbocycles. The molecule has 0 bridgehead atoms. The summed E-state index contributed by atoms with van der Waals surface area (Å²) in [6, 6.07) is 15.2. The minimum absolute atomic E-state index is 0.00209. The quantitative estimate of drug-likeness (QED) is 0.547. The van der Waals surface area contributed by atoms with Crippen molar-refractivity contribution in [3.05, 3.63) is 58.1 Å². The Kier molecular flexibility index (Phi) is 6.78. The number of carbonyl (C=O) groups is 1. The van der Waals surface area contributed by atoms with Crippen molar-refractivity contribution in [3.63, 3.8) is 0 Å². The van der Waals surface area contributed by atoms with Gasteiger partial charge in [-0.15, -0.1) is 0 Å². The van der Waals surface area contributed by atoms with Crippen LogP contribution in [0.2, 0.25) is 0 Å². The van der Waals surface area contributed by atoms with E-state index in [1.807, 2.05) is 31.2 Å². The number of ether oxygens (including phenoxy) is 1. The van der Waals surface area contributed by atoms with Crippen LogP contribution >= 0.6 is 15.9 Å². The second kappa shape index (κ2) is 9.48. The van der Waals surface area contributed by atoms with Crippen LogP contribution in [-0.2, 0) is 4.79 Å². The minimum atomic E-state index is -0.293. The van der Waals surface area contributed by atoms with Gasteiger partial charge in [0.2, 0.25) is 0 Å². The Balaban J connectivity index is 1.75. The first-order chi connectivity index (χ1) is 14.0. The third-order valence-electron chi connectivity index (χ3n) is 4.72. The number of carbonyl (C=O) groups excluding carboxylic acids is 1. The number of nitrogens with zero attached hydrogens (tertiary/aromatic N) is 3. The summed E-state index contributed by atoms with van der Waals surface area (Å²) in [6.45, 7) is 4.74. The molecule has 1 N–H and O–H groups in total. The van der Waals surface area contributed by atoms with Gasteiger partial charge in [0.1, 0.15) is 11.6 Å². The highest BCUT2D eigenvalue weighted by Crippen LogP contribution is 2.34. The molecule has 1 fully saturated rings. The number of aromatic hydroxyl groups is 1. The Hall–Kier alpha value is -2.98. The smallest absolute Gasteiger partial charge is 0.264 e. The van der Waals surface area contributed by atoms with Crippen LogP contribution in [0.1, 0.15) is 12.5 Å². The number of anilines is 1. The summed E-state index contributed by atoms with van der Waals surface area (Å²) < 4.78 is 5.97. The average Bonchev–Trinajstić information content (AvgIpc) is 2.75. The largest absolute Gasteiger partial charge is 0.504 e. The van der Waals surface area contributed by atoms with Crippen molar-refractivity contribution >= 4 is 33.6 Å². The Bertz CT molecular complexity index is 946. The van der Waals surface area contributed by atoms with Crippen molar-refractivity contribution in [1.29, 1.82) is 5.26 Å². The van der Waals surface area contributed by atoms with Crippen molar-refractivity contribution in [2.75, 3.05) is 37.7 Å². The number of amides is 1. The van der Waals surface area contributed by atoms with Crippen LogP contribution in [0.15, 0.2) is 52.5 Å². The lowest BCUT2D eigenvalue weighted by Crippen LogP contribution is -2.49. The topological polar surface area (TPSA) is 76.8 Å². The molecular weight excluding hydrogens is 434 g/mol. The van der Waals surface area contributed by atoms with Gasteiger partial charge in [0, 0.05) is 36.3 Å². The summed E-state index contributed by atoms with van der Waals surface area (Å²) in [4.78, 5) is 16.8. The van der Waals surface area contributed by atoms with E-state index in [1.54, 1.807) is 11.0 Å². The van der Waals surface area contributed by atoms with Gasteiger partial charge < -0.3 is 19.6 Å². The number of hydrogen-bond donors (Lipinski definition) is 1. The Morgan fingerprint density at radius 3 is 2.55 bits per heavy atom. The fraction of sp³-hybridized carbons (Fsp3) is 0.273. The van der Waals surface area contributed by atoms with Crippen LogP contribution in [0.25, 0.3) is 6.08 Å². The van der Waals surface area contributed by atoms with Crippen LogP contribution in [0, 0.1) is 11.3 Å². The lowest BCUT2D eigenvalue weighted by Gasteiger charge is -2.36. The lowest BCUT2D eigenvalue weighted by atomic mass is 10.1. The number of para-hydroxylation sites is 1. The molecule has 29 heavy (non-hydrogen) atoms. The summed E-state index contributed by atoms with van der Waals surface area (Å²) in [5.41, 5.74) is 1.78. The Labute approximate surface area is 178 Å². The molecule has 1 aliphatic rings. The highest BCUT2D eigenvalue weighted by Gasteiger charge is 2.24. The molecule has 6 nitrogen and oxygen atoms in total. The van der Waals surface area contributed by atoms with Gasteiger partial charge in [-0.3, -0.25) is 4.79 Å². The van der Waals surface area contributed by atoms with E-state index in [4.69, 9.17) is 4.74 Å². The fourth-order valence-corrected chi connectivity index (χ4v) is 3.66. The summed E-state index contributed by atoms with van der Waals surface area (Å²) in [5, 5.41) is 19.5. The van der Waals surface area contributed by atoms with Crippen LogP contribution in [0.5, 0.6) is 11.5 Å². The first-order valence-corrected chi connectivity index (χ1v) is 10.2. The Morgan fingerprint density at radius 2 is 1.93 bits per heavy atom. The number of piperazine rings is 1. The van der Waals surface area contributed by atoms with E-state index >= 15 is 0 Å². The molecule has 0 radical (unpaired) electrons.